The molecule has 5 nitrogen and oxygen atoms in total. The summed E-state index contributed by atoms with van der Waals surface area (Å²) in [4.78, 5) is 2.64. The molecule has 2 N–H and O–H groups in total. The van der Waals surface area contributed by atoms with E-state index in [1.807, 2.05) is 6.07 Å². The SMILES string of the molecule is CNS(=O)(=O)c1ccccc1NCC(C)N(C)C1CC1. The average Bonchev–Trinajstić information content (AvgIpc) is 3.28. The second kappa shape index (κ2) is 6.11. The first-order valence-corrected chi connectivity index (χ1v) is 8.42. The molecule has 1 fully saturated rings. The Morgan fingerprint density at radius 1 is 1.35 bits per heavy atom. The fourth-order valence-electron chi connectivity index (χ4n) is 2.20. The van der Waals surface area contributed by atoms with E-state index in [0.29, 0.717) is 22.7 Å². The molecule has 0 radical (unpaired) electrons. The number of hydrogen-bond acceptors (Lipinski definition) is 4. The van der Waals surface area contributed by atoms with E-state index in [2.05, 4.69) is 28.9 Å². The zero-order valence-electron chi connectivity index (χ0n) is 12.3. The van der Waals surface area contributed by atoms with E-state index in [1.165, 1.54) is 19.9 Å². The normalized spacial score (nSPS) is 17.2. The Bertz CT molecular complexity index is 555. The summed E-state index contributed by atoms with van der Waals surface area (Å²) in [5.74, 6) is 0. The van der Waals surface area contributed by atoms with Crippen molar-refractivity contribution in [3.05, 3.63) is 24.3 Å². The van der Waals surface area contributed by atoms with Crippen molar-refractivity contribution in [3.8, 4) is 0 Å². The number of para-hydroxylation sites is 1. The van der Waals surface area contributed by atoms with Gasteiger partial charge in [0.05, 0.1) is 5.69 Å². The fourth-order valence-corrected chi connectivity index (χ4v) is 3.11. The number of benzene rings is 1. The molecule has 0 spiro atoms. The largest absolute Gasteiger partial charge is 0.382 e. The Kier molecular flexibility index (Phi) is 4.67. The highest BCUT2D eigenvalue weighted by Gasteiger charge is 2.29. The summed E-state index contributed by atoms with van der Waals surface area (Å²) < 4.78 is 26.3. The van der Waals surface area contributed by atoms with Crippen molar-refractivity contribution < 1.29 is 8.42 Å². The molecule has 1 atom stereocenters. The predicted octanol–water partition coefficient (Wildman–Crippen LogP) is 1.49. The lowest BCUT2D eigenvalue weighted by molar-refractivity contribution is 0.257. The molecule has 0 aliphatic heterocycles. The second-order valence-corrected chi connectivity index (χ2v) is 7.19. The molecule has 1 aliphatic carbocycles. The predicted molar refractivity (Wildman–Crippen MR) is 81.4 cm³/mol. The Labute approximate surface area is 121 Å². The number of nitrogens with one attached hydrogen (secondary N) is 2. The van der Waals surface area contributed by atoms with Crippen LogP contribution in [0.2, 0.25) is 0 Å². The van der Waals surface area contributed by atoms with Crippen LogP contribution in [0.4, 0.5) is 5.69 Å². The lowest BCUT2D eigenvalue weighted by atomic mass is 10.2. The molecule has 0 bridgehead atoms. The highest BCUT2D eigenvalue weighted by molar-refractivity contribution is 7.89. The zero-order chi connectivity index (χ0) is 14.8. The summed E-state index contributed by atoms with van der Waals surface area (Å²) >= 11 is 0. The van der Waals surface area contributed by atoms with E-state index in [-0.39, 0.29) is 0 Å². The summed E-state index contributed by atoms with van der Waals surface area (Å²) in [6, 6.07) is 8.05. The molecular weight excluding hydrogens is 274 g/mol. The number of nitrogens with zero attached hydrogens (tertiary/aromatic N) is 1. The van der Waals surface area contributed by atoms with Gasteiger partial charge in [-0.25, -0.2) is 13.1 Å². The van der Waals surface area contributed by atoms with E-state index in [9.17, 15) is 8.42 Å². The first-order chi connectivity index (χ1) is 9.45. The minimum absolute atomic E-state index is 0.295. The van der Waals surface area contributed by atoms with Crippen LogP contribution in [0.15, 0.2) is 29.2 Å². The van der Waals surface area contributed by atoms with Gasteiger partial charge in [0.25, 0.3) is 0 Å². The molecule has 0 amide bonds. The third-order valence-corrected chi connectivity index (χ3v) is 5.32. The molecule has 0 aromatic heterocycles. The molecule has 6 heteroatoms. The van der Waals surface area contributed by atoms with Crippen molar-refractivity contribution in [3.63, 3.8) is 0 Å². The Morgan fingerprint density at radius 3 is 2.60 bits per heavy atom. The number of likely N-dealkylation sites (N-methyl/N-ethyl adjacent to an activating group) is 1. The molecule has 1 aromatic rings. The van der Waals surface area contributed by atoms with E-state index in [0.717, 1.165) is 6.54 Å². The molecule has 0 saturated heterocycles. The molecule has 20 heavy (non-hydrogen) atoms. The van der Waals surface area contributed by atoms with E-state index in [1.54, 1.807) is 18.2 Å². The molecule has 1 unspecified atom stereocenters. The van der Waals surface area contributed by atoms with Gasteiger partial charge in [0, 0.05) is 18.6 Å². The highest BCUT2D eigenvalue weighted by Crippen LogP contribution is 2.27. The lowest BCUT2D eigenvalue weighted by Gasteiger charge is -2.25. The van der Waals surface area contributed by atoms with Gasteiger partial charge < -0.3 is 5.32 Å². The molecule has 112 valence electrons. The van der Waals surface area contributed by atoms with Gasteiger partial charge in [-0.2, -0.15) is 0 Å². The van der Waals surface area contributed by atoms with Crippen LogP contribution in [-0.4, -0.2) is 46.0 Å². The van der Waals surface area contributed by atoms with Gasteiger partial charge in [0.2, 0.25) is 10.0 Å². The van der Waals surface area contributed by atoms with Gasteiger partial charge in [-0.1, -0.05) is 12.1 Å². The maximum atomic E-state index is 12.0. The van der Waals surface area contributed by atoms with Gasteiger partial charge >= 0.3 is 0 Å². The Hall–Kier alpha value is -1.11. The quantitative estimate of drug-likeness (QED) is 0.800. The van der Waals surface area contributed by atoms with E-state index in [4.69, 9.17) is 0 Å². The zero-order valence-corrected chi connectivity index (χ0v) is 13.1. The Morgan fingerprint density at radius 2 is 2.00 bits per heavy atom. The van der Waals surface area contributed by atoms with Crippen molar-refractivity contribution in [2.45, 2.75) is 36.7 Å². The molecule has 1 aromatic carbocycles. The summed E-state index contributed by atoms with van der Waals surface area (Å²) in [6.45, 7) is 2.88. The molecule has 2 rings (SSSR count). The van der Waals surface area contributed by atoms with Crippen LogP contribution in [0, 0.1) is 0 Å². The number of hydrogen-bond donors (Lipinski definition) is 2. The minimum atomic E-state index is -3.43. The van der Waals surface area contributed by atoms with E-state index >= 15 is 0 Å². The van der Waals surface area contributed by atoms with Crippen LogP contribution < -0.4 is 10.0 Å². The lowest BCUT2D eigenvalue weighted by Crippen LogP contribution is -2.36. The van der Waals surface area contributed by atoms with Gasteiger partial charge in [0.1, 0.15) is 4.90 Å². The molecule has 1 aliphatic rings. The van der Waals surface area contributed by atoms with Gasteiger partial charge in [-0.05, 0) is 46.0 Å². The van der Waals surface area contributed by atoms with Crippen molar-refractivity contribution in [1.82, 2.24) is 9.62 Å². The third kappa shape index (κ3) is 3.50. The first-order valence-electron chi connectivity index (χ1n) is 6.94. The van der Waals surface area contributed by atoms with Crippen molar-refractivity contribution in [2.24, 2.45) is 0 Å². The van der Waals surface area contributed by atoms with Gasteiger partial charge in [0.15, 0.2) is 0 Å². The van der Waals surface area contributed by atoms with Crippen molar-refractivity contribution >= 4 is 15.7 Å². The number of anilines is 1. The van der Waals surface area contributed by atoms with Crippen LogP contribution in [0.5, 0.6) is 0 Å². The second-order valence-electron chi connectivity index (χ2n) is 5.33. The molecule has 0 heterocycles. The first kappa shape index (κ1) is 15.3. The van der Waals surface area contributed by atoms with Crippen molar-refractivity contribution in [2.75, 3.05) is 26.0 Å². The Balaban J connectivity index is 2.06. The number of sulfonamides is 1. The standard InChI is InChI=1S/C14H23N3O2S/c1-11(17(3)12-8-9-12)10-16-13-6-4-5-7-14(13)20(18,19)15-2/h4-7,11-12,15-16H,8-10H2,1-3H3. The smallest absolute Gasteiger partial charge is 0.242 e. The van der Waals surface area contributed by atoms with Crippen LogP contribution >= 0.6 is 0 Å². The summed E-state index contributed by atoms with van der Waals surface area (Å²) in [5, 5.41) is 3.26. The van der Waals surface area contributed by atoms with Crippen LogP contribution in [0.3, 0.4) is 0 Å². The minimum Gasteiger partial charge on any atom is -0.382 e. The fraction of sp³-hybridized carbons (Fsp3) is 0.571. The number of rotatable bonds is 7. The molecular formula is C14H23N3O2S. The summed E-state index contributed by atoms with van der Waals surface area (Å²) in [6.07, 6.45) is 2.54. The van der Waals surface area contributed by atoms with Crippen LogP contribution in [0.1, 0.15) is 19.8 Å². The van der Waals surface area contributed by atoms with Gasteiger partial charge in [-0.15, -0.1) is 0 Å². The maximum absolute atomic E-state index is 12.0. The molecule has 1 saturated carbocycles. The van der Waals surface area contributed by atoms with E-state index < -0.39 is 10.0 Å². The highest BCUT2D eigenvalue weighted by atomic mass is 32.2. The van der Waals surface area contributed by atoms with Crippen LogP contribution in [0.25, 0.3) is 0 Å². The summed E-state index contributed by atoms with van der Waals surface area (Å²) in [7, 11) is 0.124. The van der Waals surface area contributed by atoms with Crippen LogP contribution in [-0.2, 0) is 10.0 Å². The average molecular weight is 297 g/mol. The topological polar surface area (TPSA) is 61.4 Å². The maximum Gasteiger partial charge on any atom is 0.242 e. The third-order valence-electron chi connectivity index (χ3n) is 3.85. The monoisotopic (exact) mass is 297 g/mol. The summed E-state index contributed by atoms with van der Waals surface area (Å²) in [5.41, 5.74) is 0.651. The van der Waals surface area contributed by atoms with Crippen molar-refractivity contribution in [1.29, 1.82) is 0 Å². The van der Waals surface area contributed by atoms with Gasteiger partial charge in [-0.3, -0.25) is 4.90 Å².